The fourth-order valence-electron chi connectivity index (χ4n) is 1.80. The van der Waals surface area contributed by atoms with E-state index in [-0.39, 0.29) is 5.60 Å². The zero-order valence-electron chi connectivity index (χ0n) is 7.56. The molecule has 1 aliphatic carbocycles. The summed E-state index contributed by atoms with van der Waals surface area (Å²) in [4.78, 5) is 0. The maximum Gasteiger partial charge on any atom is 0.0646 e. The molecule has 0 atom stereocenters. The Balaban J connectivity index is 2.35. The quantitative estimate of drug-likeness (QED) is 0.633. The van der Waals surface area contributed by atoms with Gasteiger partial charge in [0.05, 0.1) is 5.60 Å². The average molecular weight is 157 g/mol. The van der Waals surface area contributed by atoms with Crippen molar-refractivity contribution in [3.8, 4) is 0 Å². The molecule has 0 bridgehead atoms. The molecule has 0 aliphatic heterocycles. The minimum atomic E-state index is -0.340. The lowest BCUT2D eigenvalue weighted by Crippen LogP contribution is -2.39. The molecule has 2 nitrogen and oxygen atoms in total. The van der Waals surface area contributed by atoms with E-state index in [4.69, 9.17) is 0 Å². The monoisotopic (exact) mass is 157 g/mol. The Kier molecular flexibility index (Phi) is 2.90. The maximum absolute atomic E-state index is 9.87. The first-order valence-electron chi connectivity index (χ1n) is 4.60. The van der Waals surface area contributed by atoms with Gasteiger partial charge in [-0.25, -0.2) is 0 Å². The molecule has 0 aromatic heterocycles. The molecule has 0 heterocycles. The topological polar surface area (TPSA) is 32.3 Å². The lowest BCUT2D eigenvalue weighted by molar-refractivity contribution is -0.00609. The lowest BCUT2D eigenvalue weighted by atomic mass is 9.81. The first kappa shape index (κ1) is 9.01. The minimum Gasteiger partial charge on any atom is -0.390 e. The number of hydrogen-bond donors (Lipinski definition) is 2. The van der Waals surface area contributed by atoms with Crippen molar-refractivity contribution in [3.63, 3.8) is 0 Å². The summed E-state index contributed by atoms with van der Waals surface area (Å²) < 4.78 is 0. The van der Waals surface area contributed by atoms with E-state index >= 15 is 0 Å². The van der Waals surface area contributed by atoms with Crippen LogP contribution in [-0.2, 0) is 0 Å². The number of nitrogens with one attached hydrogen (secondary N) is 1. The normalized spacial score (nSPS) is 39.0. The van der Waals surface area contributed by atoms with E-state index < -0.39 is 0 Å². The van der Waals surface area contributed by atoms with E-state index in [0.717, 1.165) is 32.1 Å². The van der Waals surface area contributed by atoms with Crippen molar-refractivity contribution in [2.45, 2.75) is 50.7 Å². The molecule has 2 N–H and O–H groups in total. The molecule has 1 aliphatic rings. The highest BCUT2D eigenvalue weighted by Gasteiger charge is 2.30. The standard InChI is InChI=1S/C9H19NO/c1-3-9(11)6-4-8(10-2)5-7-9/h8,10-11H,3-7H2,1-2H3/t8-,9-. The van der Waals surface area contributed by atoms with Gasteiger partial charge in [0.15, 0.2) is 0 Å². The minimum absolute atomic E-state index is 0.340. The van der Waals surface area contributed by atoms with Gasteiger partial charge >= 0.3 is 0 Å². The number of hydrogen-bond acceptors (Lipinski definition) is 2. The Labute approximate surface area is 69.0 Å². The molecule has 1 fully saturated rings. The van der Waals surface area contributed by atoms with Crippen molar-refractivity contribution >= 4 is 0 Å². The van der Waals surface area contributed by atoms with Crippen molar-refractivity contribution < 1.29 is 5.11 Å². The predicted octanol–water partition coefficient (Wildman–Crippen LogP) is 1.29. The van der Waals surface area contributed by atoms with E-state index in [9.17, 15) is 5.11 Å². The largest absolute Gasteiger partial charge is 0.390 e. The van der Waals surface area contributed by atoms with Crippen LogP contribution in [0.25, 0.3) is 0 Å². The Bertz CT molecular complexity index is 117. The van der Waals surface area contributed by atoms with Gasteiger partial charge in [-0.2, -0.15) is 0 Å². The summed E-state index contributed by atoms with van der Waals surface area (Å²) in [6.07, 6.45) is 5.09. The third-order valence-electron chi connectivity index (χ3n) is 2.98. The smallest absolute Gasteiger partial charge is 0.0646 e. The lowest BCUT2D eigenvalue weighted by Gasteiger charge is -2.35. The van der Waals surface area contributed by atoms with Crippen LogP contribution >= 0.6 is 0 Å². The van der Waals surface area contributed by atoms with E-state index in [1.165, 1.54) is 0 Å². The molecule has 11 heavy (non-hydrogen) atoms. The zero-order valence-corrected chi connectivity index (χ0v) is 7.56. The molecule has 66 valence electrons. The third-order valence-corrected chi connectivity index (χ3v) is 2.98. The molecule has 0 radical (unpaired) electrons. The summed E-state index contributed by atoms with van der Waals surface area (Å²) in [7, 11) is 2.00. The van der Waals surface area contributed by atoms with Crippen LogP contribution in [0.3, 0.4) is 0 Å². The molecule has 0 amide bonds. The van der Waals surface area contributed by atoms with Crippen LogP contribution in [0.4, 0.5) is 0 Å². The zero-order chi connectivity index (χ0) is 8.32. The van der Waals surface area contributed by atoms with Crippen LogP contribution in [-0.4, -0.2) is 23.8 Å². The highest BCUT2D eigenvalue weighted by Crippen LogP contribution is 2.30. The third kappa shape index (κ3) is 2.17. The summed E-state index contributed by atoms with van der Waals surface area (Å²) >= 11 is 0. The Morgan fingerprint density at radius 3 is 2.36 bits per heavy atom. The van der Waals surface area contributed by atoms with Crippen molar-refractivity contribution in [3.05, 3.63) is 0 Å². The Morgan fingerprint density at radius 1 is 1.45 bits per heavy atom. The fourth-order valence-corrected chi connectivity index (χ4v) is 1.80. The molecule has 0 aromatic rings. The van der Waals surface area contributed by atoms with Gasteiger partial charge in [-0.3, -0.25) is 0 Å². The first-order chi connectivity index (χ1) is 5.20. The second-order valence-corrected chi connectivity index (χ2v) is 3.64. The van der Waals surface area contributed by atoms with Gasteiger partial charge in [0, 0.05) is 6.04 Å². The van der Waals surface area contributed by atoms with E-state index in [1.54, 1.807) is 0 Å². The van der Waals surface area contributed by atoms with Crippen molar-refractivity contribution in [2.75, 3.05) is 7.05 Å². The van der Waals surface area contributed by atoms with Crippen molar-refractivity contribution in [1.82, 2.24) is 5.32 Å². The van der Waals surface area contributed by atoms with Crippen LogP contribution in [0.5, 0.6) is 0 Å². The van der Waals surface area contributed by atoms with E-state index in [0.29, 0.717) is 6.04 Å². The average Bonchev–Trinajstić information content (AvgIpc) is 2.06. The summed E-state index contributed by atoms with van der Waals surface area (Å²) in [6, 6.07) is 0.641. The fraction of sp³-hybridized carbons (Fsp3) is 1.00. The molecule has 0 spiro atoms. The Hall–Kier alpha value is -0.0800. The van der Waals surface area contributed by atoms with Crippen LogP contribution in [0, 0.1) is 0 Å². The summed E-state index contributed by atoms with van der Waals surface area (Å²) in [6.45, 7) is 2.07. The van der Waals surface area contributed by atoms with Gasteiger partial charge in [-0.05, 0) is 39.2 Å². The molecular formula is C9H19NO. The maximum atomic E-state index is 9.87. The molecule has 2 heteroatoms. The van der Waals surface area contributed by atoms with Gasteiger partial charge in [0.1, 0.15) is 0 Å². The SMILES string of the molecule is CC[C@]1(O)CC[C@H](NC)CC1. The second kappa shape index (κ2) is 3.55. The molecular weight excluding hydrogens is 138 g/mol. The molecule has 0 unspecified atom stereocenters. The molecule has 0 saturated heterocycles. The summed E-state index contributed by atoms with van der Waals surface area (Å²) in [5.41, 5.74) is -0.340. The van der Waals surface area contributed by atoms with Crippen LogP contribution in [0.15, 0.2) is 0 Å². The van der Waals surface area contributed by atoms with Crippen molar-refractivity contribution in [2.24, 2.45) is 0 Å². The van der Waals surface area contributed by atoms with Gasteiger partial charge in [-0.1, -0.05) is 6.92 Å². The molecule has 0 aromatic carbocycles. The summed E-state index contributed by atoms with van der Waals surface area (Å²) in [5.74, 6) is 0. The second-order valence-electron chi connectivity index (χ2n) is 3.64. The van der Waals surface area contributed by atoms with E-state index in [2.05, 4.69) is 12.2 Å². The van der Waals surface area contributed by atoms with Gasteiger partial charge in [0.2, 0.25) is 0 Å². The van der Waals surface area contributed by atoms with Crippen LogP contribution < -0.4 is 5.32 Å². The predicted molar refractivity (Wildman–Crippen MR) is 46.6 cm³/mol. The Morgan fingerprint density at radius 2 is 2.00 bits per heavy atom. The van der Waals surface area contributed by atoms with Crippen molar-refractivity contribution in [1.29, 1.82) is 0 Å². The van der Waals surface area contributed by atoms with E-state index in [1.807, 2.05) is 7.05 Å². The molecule has 1 rings (SSSR count). The van der Waals surface area contributed by atoms with Gasteiger partial charge < -0.3 is 10.4 Å². The summed E-state index contributed by atoms with van der Waals surface area (Å²) in [5, 5.41) is 13.1. The van der Waals surface area contributed by atoms with Crippen LogP contribution in [0.1, 0.15) is 39.0 Å². The van der Waals surface area contributed by atoms with Gasteiger partial charge in [0.25, 0.3) is 0 Å². The van der Waals surface area contributed by atoms with Crippen LogP contribution in [0.2, 0.25) is 0 Å². The van der Waals surface area contributed by atoms with Gasteiger partial charge in [-0.15, -0.1) is 0 Å². The molecule has 1 saturated carbocycles. The highest BCUT2D eigenvalue weighted by atomic mass is 16.3. The highest BCUT2D eigenvalue weighted by molar-refractivity contribution is 4.86. The number of aliphatic hydroxyl groups is 1. The number of rotatable bonds is 2. The first-order valence-corrected chi connectivity index (χ1v) is 4.60.